The molecule has 0 spiro atoms. The van der Waals surface area contributed by atoms with Crippen molar-refractivity contribution in [2.24, 2.45) is 5.14 Å². The van der Waals surface area contributed by atoms with Crippen LogP contribution in [-0.4, -0.2) is 26.4 Å². The number of benzene rings is 3. The van der Waals surface area contributed by atoms with Gasteiger partial charge in [0.2, 0.25) is 10.0 Å². The SMILES string of the molecule is COc1ccc(NC(=O)c2cc(-c3ccc(Cl)cc3)nc3ccccc23)cc1S(N)(=O)=O. The number of halogens is 1. The summed E-state index contributed by atoms with van der Waals surface area (Å²) in [7, 11) is -2.71. The van der Waals surface area contributed by atoms with Gasteiger partial charge < -0.3 is 10.1 Å². The molecule has 3 N–H and O–H groups in total. The van der Waals surface area contributed by atoms with Crippen LogP contribution < -0.4 is 15.2 Å². The van der Waals surface area contributed by atoms with Crippen LogP contribution >= 0.6 is 11.6 Å². The number of anilines is 1. The Balaban J connectivity index is 1.78. The number of carbonyl (C=O) groups excluding carboxylic acids is 1. The minimum absolute atomic E-state index is 0.0879. The molecule has 0 saturated heterocycles. The zero-order valence-electron chi connectivity index (χ0n) is 16.9. The van der Waals surface area contributed by atoms with Crippen LogP contribution in [0.1, 0.15) is 10.4 Å². The lowest BCUT2D eigenvalue weighted by Crippen LogP contribution is -2.16. The number of nitrogens with one attached hydrogen (secondary N) is 1. The molecule has 1 heterocycles. The molecular formula is C23H18ClN3O4S. The van der Waals surface area contributed by atoms with Crippen molar-refractivity contribution >= 4 is 44.1 Å². The molecule has 0 radical (unpaired) electrons. The van der Waals surface area contributed by atoms with E-state index in [0.717, 1.165) is 5.56 Å². The predicted molar refractivity (Wildman–Crippen MR) is 125 cm³/mol. The minimum Gasteiger partial charge on any atom is -0.495 e. The third-order valence-corrected chi connectivity index (χ3v) is 6.01. The Morgan fingerprint density at radius 2 is 1.75 bits per heavy atom. The molecule has 0 bridgehead atoms. The lowest BCUT2D eigenvalue weighted by atomic mass is 10.0. The number of nitrogens with two attached hydrogens (primary N) is 1. The Bertz CT molecular complexity index is 1440. The molecule has 4 aromatic rings. The summed E-state index contributed by atoms with van der Waals surface area (Å²) in [6.45, 7) is 0. The van der Waals surface area contributed by atoms with Crippen molar-refractivity contribution in [1.29, 1.82) is 0 Å². The summed E-state index contributed by atoms with van der Waals surface area (Å²) in [5.41, 5.74) is 2.69. The van der Waals surface area contributed by atoms with Crippen molar-refractivity contribution < 1.29 is 17.9 Å². The van der Waals surface area contributed by atoms with Crippen LogP contribution in [0.15, 0.2) is 77.7 Å². The van der Waals surface area contributed by atoms with Gasteiger partial charge in [-0.3, -0.25) is 4.79 Å². The van der Waals surface area contributed by atoms with Crippen molar-refractivity contribution in [3.63, 3.8) is 0 Å². The average Bonchev–Trinajstić information content (AvgIpc) is 2.78. The molecule has 4 rings (SSSR count). The van der Waals surface area contributed by atoms with E-state index in [9.17, 15) is 13.2 Å². The summed E-state index contributed by atoms with van der Waals surface area (Å²) in [6.07, 6.45) is 0. The number of primary sulfonamides is 1. The molecule has 0 aliphatic carbocycles. The first-order valence-corrected chi connectivity index (χ1v) is 11.4. The second-order valence-electron chi connectivity index (χ2n) is 6.94. The van der Waals surface area contributed by atoms with Crippen LogP contribution in [0.5, 0.6) is 5.75 Å². The summed E-state index contributed by atoms with van der Waals surface area (Å²) in [5.74, 6) is -0.339. The second-order valence-corrected chi connectivity index (χ2v) is 8.91. The highest BCUT2D eigenvalue weighted by Crippen LogP contribution is 2.29. The largest absolute Gasteiger partial charge is 0.495 e. The number of rotatable bonds is 5. The molecule has 0 aliphatic heterocycles. The number of pyridine rings is 1. The third kappa shape index (κ3) is 4.43. The summed E-state index contributed by atoms with van der Waals surface area (Å²) < 4.78 is 28.8. The van der Waals surface area contributed by atoms with Crippen molar-refractivity contribution in [2.45, 2.75) is 4.90 Å². The number of aromatic nitrogens is 1. The van der Waals surface area contributed by atoms with Crippen molar-refractivity contribution in [1.82, 2.24) is 4.98 Å². The highest BCUT2D eigenvalue weighted by Gasteiger charge is 2.18. The molecule has 9 heteroatoms. The topological polar surface area (TPSA) is 111 Å². The molecule has 0 atom stereocenters. The number of nitrogens with zero attached hydrogens (tertiary/aromatic N) is 1. The van der Waals surface area contributed by atoms with Crippen molar-refractivity contribution in [3.8, 4) is 17.0 Å². The number of methoxy groups -OCH3 is 1. The summed E-state index contributed by atoms with van der Waals surface area (Å²) in [6, 6.07) is 20.3. The van der Waals surface area contributed by atoms with Gasteiger partial charge in [0, 0.05) is 21.7 Å². The maximum absolute atomic E-state index is 13.2. The van der Waals surface area contributed by atoms with E-state index in [0.29, 0.717) is 27.2 Å². The van der Waals surface area contributed by atoms with Crippen molar-refractivity contribution in [3.05, 3.63) is 83.4 Å². The zero-order chi connectivity index (χ0) is 22.9. The van der Waals surface area contributed by atoms with Gasteiger partial charge in [-0.25, -0.2) is 18.5 Å². The predicted octanol–water partition coefficient (Wildman–Crippen LogP) is 4.46. The monoisotopic (exact) mass is 467 g/mol. The molecule has 0 aliphatic rings. The number of amides is 1. The molecule has 1 aromatic heterocycles. The van der Waals surface area contributed by atoms with Crippen LogP contribution in [0.2, 0.25) is 5.02 Å². The Hall–Kier alpha value is -3.46. The minimum atomic E-state index is -4.05. The molecule has 32 heavy (non-hydrogen) atoms. The van der Waals surface area contributed by atoms with E-state index in [-0.39, 0.29) is 16.3 Å². The molecule has 0 fully saturated rings. The Morgan fingerprint density at radius 3 is 2.44 bits per heavy atom. The molecule has 7 nitrogen and oxygen atoms in total. The van der Waals surface area contributed by atoms with Gasteiger partial charge in [-0.05, 0) is 42.5 Å². The number of hydrogen-bond acceptors (Lipinski definition) is 5. The van der Waals surface area contributed by atoms with Crippen LogP contribution in [-0.2, 0) is 10.0 Å². The first-order chi connectivity index (χ1) is 15.3. The number of carbonyl (C=O) groups is 1. The first kappa shape index (κ1) is 21.8. The third-order valence-electron chi connectivity index (χ3n) is 4.83. The zero-order valence-corrected chi connectivity index (χ0v) is 18.4. The van der Waals surface area contributed by atoms with Gasteiger partial charge in [0.1, 0.15) is 10.6 Å². The van der Waals surface area contributed by atoms with Crippen LogP contribution in [0.3, 0.4) is 0 Å². The van der Waals surface area contributed by atoms with E-state index in [1.165, 1.54) is 25.3 Å². The van der Waals surface area contributed by atoms with E-state index < -0.39 is 15.9 Å². The normalized spacial score (nSPS) is 11.3. The van der Waals surface area contributed by atoms with E-state index >= 15 is 0 Å². The molecule has 0 saturated carbocycles. The number of fused-ring (bicyclic) bond motifs is 1. The maximum atomic E-state index is 13.2. The summed E-state index contributed by atoms with van der Waals surface area (Å²) in [5, 5.41) is 9.26. The van der Waals surface area contributed by atoms with Crippen LogP contribution in [0, 0.1) is 0 Å². The van der Waals surface area contributed by atoms with Crippen LogP contribution in [0.4, 0.5) is 5.69 Å². The summed E-state index contributed by atoms with van der Waals surface area (Å²) in [4.78, 5) is 17.6. The fourth-order valence-corrected chi connectivity index (χ4v) is 4.16. The quantitative estimate of drug-likeness (QED) is 0.450. The fourth-order valence-electron chi connectivity index (χ4n) is 3.31. The number of hydrogen-bond donors (Lipinski definition) is 2. The lowest BCUT2D eigenvalue weighted by molar-refractivity contribution is 0.102. The van der Waals surface area contributed by atoms with Gasteiger partial charge in [0.05, 0.1) is 23.9 Å². The Morgan fingerprint density at radius 1 is 1.03 bits per heavy atom. The Kier molecular flexibility index (Phi) is 5.84. The van der Waals surface area contributed by atoms with Gasteiger partial charge in [-0.2, -0.15) is 0 Å². The second kappa shape index (κ2) is 8.58. The van der Waals surface area contributed by atoms with Gasteiger partial charge in [0.25, 0.3) is 5.91 Å². The highest BCUT2D eigenvalue weighted by molar-refractivity contribution is 7.89. The summed E-state index contributed by atoms with van der Waals surface area (Å²) >= 11 is 5.99. The highest BCUT2D eigenvalue weighted by atomic mass is 35.5. The fraction of sp³-hybridized carbons (Fsp3) is 0.0435. The number of para-hydroxylation sites is 1. The van der Waals surface area contributed by atoms with Crippen LogP contribution in [0.25, 0.3) is 22.2 Å². The van der Waals surface area contributed by atoms with Gasteiger partial charge in [-0.15, -0.1) is 0 Å². The molecule has 3 aromatic carbocycles. The first-order valence-electron chi connectivity index (χ1n) is 9.44. The number of sulfonamides is 1. The van der Waals surface area contributed by atoms with E-state index in [2.05, 4.69) is 10.3 Å². The Labute approximate surface area is 189 Å². The van der Waals surface area contributed by atoms with Gasteiger partial charge in [0.15, 0.2) is 0 Å². The van der Waals surface area contributed by atoms with E-state index in [1.807, 2.05) is 30.3 Å². The average molecular weight is 468 g/mol. The van der Waals surface area contributed by atoms with Gasteiger partial charge in [-0.1, -0.05) is 41.9 Å². The van der Waals surface area contributed by atoms with E-state index in [1.54, 1.807) is 24.3 Å². The van der Waals surface area contributed by atoms with Gasteiger partial charge >= 0.3 is 0 Å². The molecular weight excluding hydrogens is 450 g/mol. The standard InChI is InChI=1S/C23H18ClN3O4S/c1-31-21-11-10-16(12-22(21)32(25,29)30)26-23(28)18-13-20(14-6-8-15(24)9-7-14)27-19-5-3-2-4-17(18)19/h2-13H,1H3,(H,26,28)(H2,25,29,30). The van der Waals surface area contributed by atoms with E-state index in [4.69, 9.17) is 21.5 Å². The molecule has 162 valence electrons. The van der Waals surface area contributed by atoms with Crippen molar-refractivity contribution in [2.75, 3.05) is 12.4 Å². The smallest absolute Gasteiger partial charge is 0.256 e. The lowest BCUT2D eigenvalue weighted by Gasteiger charge is -2.12. The maximum Gasteiger partial charge on any atom is 0.256 e. The number of ether oxygens (including phenoxy) is 1. The molecule has 1 amide bonds. The molecule has 0 unspecified atom stereocenters.